The lowest BCUT2D eigenvalue weighted by Gasteiger charge is -2.31. The summed E-state index contributed by atoms with van der Waals surface area (Å²) in [6.45, 7) is 5.31. The number of rotatable bonds is 6. The fourth-order valence-corrected chi connectivity index (χ4v) is 4.82. The van der Waals surface area contributed by atoms with Gasteiger partial charge >= 0.3 is 0 Å². The summed E-state index contributed by atoms with van der Waals surface area (Å²) in [6.07, 6.45) is 8.03. The summed E-state index contributed by atoms with van der Waals surface area (Å²) in [5.41, 5.74) is 2.57. The fourth-order valence-electron chi connectivity index (χ4n) is 4.82. The molecule has 7 heteroatoms. The predicted molar refractivity (Wildman–Crippen MR) is 124 cm³/mol. The summed E-state index contributed by atoms with van der Waals surface area (Å²) in [5.74, 6) is -0.0801. The topological polar surface area (TPSA) is 72.2 Å². The standard InChI is InChI=1S/C24H33N5O2/c1-16-10-11-21-19(14-16)22-20(24(31)28(21)4)15-26-29(22)17(2)23(30)25-12-13-27(3)18-8-6-5-7-9-18/h10-11,14-15,17-18H,5-9,12-13H2,1-4H3,(H,25,30). The zero-order valence-electron chi connectivity index (χ0n) is 19.0. The molecule has 1 unspecified atom stereocenters. The Hall–Kier alpha value is -2.67. The van der Waals surface area contributed by atoms with Crippen molar-refractivity contribution >= 4 is 27.7 Å². The van der Waals surface area contributed by atoms with Crippen LogP contribution in [0.3, 0.4) is 0 Å². The highest BCUT2D eigenvalue weighted by molar-refractivity contribution is 6.04. The Bertz CT molecular complexity index is 1160. The third kappa shape index (κ3) is 4.11. The van der Waals surface area contributed by atoms with Gasteiger partial charge in [-0.1, -0.05) is 30.9 Å². The van der Waals surface area contributed by atoms with Gasteiger partial charge in [-0.15, -0.1) is 0 Å². The van der Waals surface area contributed by atoms with Crippen molar-refractivity contribution in [2.75, 3.05) is 20.1 Å². The number of nitrogens with one attached hydrogen (secondary N) is 1. The minimum Gasteiger partial charge on any atom is -0.353 e. The number of amides is 1. The molecule has 166 valence electrons. The van der Waals surface area contributed by atoms with Crippen molar-refractivity contribution in [1.82, 2.24) is 24.6 Å². The normalized spacial score (nSPS) is 16.3. The summed E-state index contributed by atoms with van der Waals surface area (Å²) in [6, 6.07) is 6.12. The maximum atomic E-state index is 12.9. The van der Waals surface area contributed by atoms with Gasteiger partial charge in [-0.2, -0.15) is 5.10 Å². The molecule has 0 radical (unpaired) electrons. The van der Waals surface area contributed by atoms with E-state index in [4.69, 9.17) is 0 Å². The van der Waals surface area contributed by atoms with E-state index in [-0.39, 0.29) is 11.5 Å². The number of carbonyl (C=O) groups is 1. The van der Waals surface area contributed by atoms with Crippen LogP contribution in [0.4, 0.5) is 0 Å². The minimum atomic E-state index is -0.506. The number of benzene rings is 1. The van der Waals surface area contributed by atoms with Gasteiger partial charge in [-0.05, 0) is 45.9 Å². The second-order valence-corrected chi connectivity index (χ2v) is 8.98. The van der Waals surface area contributed by atoms with Gasteiger partial charge in [-0.3, -0.25) is 14.3 Å². The Kier molecular flexibility index (Phi) is 6.14. The summed E-state index contributed by atoms with van der Waals surface area (Å²) in [4.78, 5) is 28.1. The van der Waals surface area contributed by atoms with E-state index in [0.29, 0.717) is 18.0 Å². The molecule has 1 N–H and O–H groups in total. The van der Waals surface area contributed by atoms with Crippen LogP contribution in [0.1, 0.15) is 50.6 Å². The zero-order chi connectivity index (χ0) is 22.1. The number of aryl methyl sites for hydroxylation is 2. The summed E-state index contributed by atoms with van der Waals surface area (Å²) < 4.78 is 3.34. The van der Waals surface area contributed by atoms with E-state index in [1.54, 1.807) is 22.5 Å². The third-order valence-corrected chi connectivity index (χ3v) is 6.81. The van der Waals surface area contributed by atoms with Crippen LogP contribution in [-0.4, -0.2) is 51.3 Å². The van der Waals surface area contributed by atoms with Crippen LogP contribution < -0.4 is 10.9 Å². The van der Waals surface area contributed by atoms with E-state index < -0.39 is 6.04 Å². The van der Waals surface area contributed by atoms with Gasteiger partial charge in [0.25, 0.3) is 5.56 Å². The van der Waals surface area contributed by atoms with E-state index in [0.717, 1.165) is 28.5 Å². The molecule has 1 atom stereocenters. The van der Waals surface area contributed by atoms with Crippen LogP contribution in [0.2, 0.25) is 0 Å². The Morgan fingerprint density at radius 2 is 2.00 bits per heavy atom. The minimum absolute atomic E-state index is 0.0801. The van der Waals surface area contributed by atoms with Crippen molar-refractivity contribution in [1.29, 1.82) is 0 Å². The number of carbonyl (C=O) groups excluding carboxylic acids is 1. The van der Waals surface area contributed by atoms with E-state index in [9.17, 15) is 9.59 Å². The maximum Gasteiger partial charge on any atom is 0.261 e. The van der Waals surface area contributed by atoms with Gasteiger partial charge < -0.3 is 14.8 Å². The Morgan fingerprint density at radius 1 is 1.26 bits per heavy atom. The largest absolute Gasteiger partial charge is 0.353 e. The van der Waals surface area contributed by atoms with Gasteiger partial charge in [0.15, 0.2) is 0 Å². The van der Waals surface area contributed by atoms with Crippen molar-refractivity contribution in [3.63, 3.8) is 0 Å². The smallest absolute Gasteiger partial charge is 0.261 e. The van der Waals surface area contributed by atoms with Crippen molar-refractivity contribution in [3.05, 3.63) is 40.3 Å². The molecule has 0 saturated heterocycles. The number of hydrogen-bond donors (Lipinski definition) is 1. The third-order valence-electron chi connectivity index (χ3n) is 6.81. The first-order valence-corrected chi connectivity index (χ1v) is 11.3. The molecule has 7 nitrogen and oxygen atoms in total. The summed E-state index contributed by atoms with van der Waals surface area (Å²) in [5, 5.41) is 8.99. The number of nitrogens with zero attached hydrogens (tertiary/aromatic N) is 4. The Labute approximate surface area is 183 Å². The number of aromatic nitrogens is 3. The van der Waals surface area contributed by atoms with Crippen molar-refractivity contribution in [2.24, 2.45) is 7.05 Å². The van der Waals surface area contributed by atoms with Gasteiger partial charge in [-0.25, -0.2) is 0 Å². The highest BCUT2D eigenvalue weighted by atomic mass is 16.2. The molecule has 2 aromatic heterocycles. The molecular formula is C24H33N5O2. The van der Waals surface area contributed by atoms with Crippen LogP contribution in [0.15, 0.2) is 29.2 Å². The van der Waals surface area contributed by atoms with E-state index in [2.05, 4.69) is 28.4 Å². The lowest BCUT2D eigenvalue weighted by molar-refractivity contribution is -0.124. The highest BCUT2D eigenvalue weighted by Gasteiger charge is 2.22. The maximum absolute atomic E-state index is 12.9. The molecular weight excluding hydrogens is 390 g/mol. The van der Waals surface area contributed by atoms with Gasteiger partial charge in [0.1, 0.15) is 6.04 Å². The molecule has 1 aliphatic carbocycles. The molecule has 3 aromatic rings. The molecule has 31 heavy (non-hydrogen) atoms. The van der Waals surface area contributed by atoms with Crippen LogP contribution in [-0.2, 0) is 11.8 Å². The first-order chi connectivity index (χ1) is 14.9. The van der Waals surface area contributed by atoms with Gasteiger partial charge in [0, 0.05) is 31.6 Å². The molecule has 0 spiro atoms. The average Bonchev–Trinajstić information content (AvgIpc) is 3.22. The number of hydrogen-bond acceptors (Lipinski definition) is 4. The van der Waals surface area contributed by atoms with E-state index in [1.165, 1.54) is 32.1 Å². The van der Waals surface area contributed by atoms with Crippen molar-refractivity contribution < 1.29 is 4.79 Å². The first-order valence-electron chi connectivity index (χ1n) is 11.3. The van der Waals surface area contributed by atoms with E-state index >= 15 is 0 Å². The zero-order valence-corrected chi connectivity index (χ0v) is 19.0. The molecule has 1 fully saturated rings. The molecule has 1 aromatic carbocycles. The second kappa shape index (κ2) is 8.83. The van der Waals surface area contributed by atoms with Crippen LogP contribution in [0, 0.1) is 6.92 Å². The molecule has 1 aliphatic rings. The van der Waals surface area contributed by atoms with Crippen LogP contribution >= 0.6 is 0 Å². The molecule has 0 aliphatic heterocycles. The number of pyridine rings is 1. The molecule has 2 heterocycles. The summed E-state index contributed by atoms with van der Waals surface area (Å²) >= 11 is 0. The average molecular weight is 424 g/mol. The number of likely N-dealkylation sites (N-methyl/N-ethyl adjacent to an activating group) is 1. The van der Waals surface area contributed by atoms with Gasteiger partial charge in [0.05, 0.1) is 22.6 Å². The number of fused-ring (bicyclic) bond motifs is 3. The van der Waals surface area contributed by atoms with E-state index in [1.807, 2.05) is 26.0 Å². The predicted octanol–water partition coefficient (Wildman–Crippen LogP) is 3.14. The molecule has 1 saturated carbocycles. The van der Waals surface area contributed by atoms with Crippen molar-refractivity contribution in [3.8, 4) is 0 Å². The SMILES string of the molecule is Cc1ccc2c(c1)c1c(cnn1C(C)C(=O)NCCN(C)C1CCCCC1)c(=O)n2C. The molecule has 4 rings (SSSR count). The second-order valence-electron chi connectivity index (χ2n) is 8.98. The Balaban J connectivity index is 1.54. The Morgan fingerprint density at radius 3 is 2.74 bits per heavy atom. The van der Waals surface area contributed by atoms with Crippen molar-refractivity contribution in [2.45, 2.75) is 58.0 Å². The first kappa shape index (κ1) is 21.6. The van der Waals surface area contributed by atoms with Gasteiger partial charge in [0.2, 0.25) is 5.91 Å². The fraction of sp³-hybridized carbons (Fsp3) is 0.542. The lowest BCUT2D eigenvalue weighted by Crippen LogP contribution is -2.41. The van der Waals surface area contributed by atoms with Crippen LogP contribution in [0.25, 0.3) is 21.8 Å². The lowest BCUT2D eigenvalue weighted by atomic mass is 9.94. The highest BCUT2D eigenvalue weighted by Crippen LogP contribution is 2.26. The molecule has 1 amide bonds. The monoisotopic (exact) mass is 423 g/mol. The molecule has 0 bridgehead atoms. The quantitative estimate of drug-likeness (QED) is 0.661. The van der Waals surface area contributed by atoms with Crippen LogP contribution in [0.5, 0.6) is 0 Å². The summed E-state index contributed by atoms with van der Waals surface area (Å²) in [7, 11) is 3.92.